The van der Waals surface area contributed by atoms with Gasteiger partial charge in [-0.1, -0.05) is 44.6 Å². The van der Waals surface area contributed by atoms with Crippen LogP contribution in [0.25, 0.3) is 0 Å². The molecule has 0 aromatic heterocycles. The average Bonchev–Trinajstić information content (AvgIpc) is 3.15. The van der Waals surface area contributed by atoms with Crippen molar-refractivity contribution in [1.29, 1.82) is 0 Å². The molecule has 1 fully saturated rings. The van der Waals surface area contributed by atoms with Gasteiger partial charge in [-0.3, -0.25) is 39.0 Å². The minimum absolute atomic E-state index is 0.0481. The van der Waals surface area contributed by atoms with Crippen LogP contribution in [0.3, 0.4) is 0 Å². The second-order valence-electron chi connectivity index (χ2n) is 11.5. The van der Waals surface area contributed by atoms with Crippen molar-refractivity contribution in [2.24, 2.45) is 0 Å². The second kappa shape index (κ2) is 14.7. The minimum atomic E-state index is -1.04. The average molecular weight is 571 g/mol. The number of esters is 1. The number of hydrogen-bond acceptors (Lipinski definition) is 8. The number of imide groups is 2. The molecule has 0 bridgehead atoms. The fourth-order valence-corrected chi connectivity index (χ4v) is 4.98. The summed E-state index contributed by atoms with van der Waals surface area (Å²) in [5, 5.41) is 7.99. The number of amides is 5. The predicted octanol–water partition coefficient (Wildman–Crippen LogP) is 3.47. The fraction of sp³-hybridized carbons (Fsp3) is 0.600. The van der Waals surface area contributed by atoms with Gasteiger partial charge in [0.1, 0.15) is 11.6 Å². The summed E-state index contributed by atoms with van der Waals surface area (Å²) in [6.07, 6.45) is 8.73. The van der Waals surface area contributed by atoms with Crippen molar-refractivity contribution in [3.05, 3.63) is 29.3 Å². The third-order valence-electron chi connectivity index (χ3n) is 6.96. The van der Waals surface area contributed by atoms with Gasteiger partial charge in [-0.15, -0.1) is 0 Å². The molecule has 2 aliphatic rings. The monoisotopic (exact) mass is 570 g/mol. The smallest absolute Gasteiger partial charge is 0.306 e. The van der Waals surface area contributed by atoms with E-state index in [9.17, 15) is 28.8 Å². The number of hydrogen-bond donors (Lipinski definition) is 3. The predicted molar refractivity (Wildman–Crippen MR) is 152 cm³/mol. The molecule has 3 N–H and O–H groups in total. The largest absolute Gasteiger partial charge is 0.460 e. The Balaban J connectivity index is 1.30. The highest BCUT2D eigenvalue weighted by Gasteiger charge is 2.45. The van der Waals surface area contributed by atoms with E-state index in [2.05, 4.69) is 16.0 Å². The summed E-state index contributed by atoms with van der Waals surface area (Å²) in [5.41, 5.74) is 0.199. The molecule has 0 saturated carbocycles. The molecule has 1 atom stereocenters. The molecular formula is C30H42N4O7. The van der Waals surface area contributed by atoms with Gasteiger partial charge < -0.3 is 15.4 Å². The first-order valence-electron chi connectivity index (χ1n) is 14.5. The van der Waals surface area contributed by atoms with Gasteiger partial charge in [0.2, 0.25) is 17.7 Å². The lowest BCUT2D eigenvalue weighted by molar-refractivity contribution is -0.155. The van der Waals surface area contributed by atoms with E-state index < -0.39 is 35.3 Å². The zero-order valence-electron chi connectivity index (χ0n) is 24.3. The topological polar surface area (TPSA) is 151 Å². The molecule has 11 nitrogen and oxygen atoms in total. The molecule has 1 unspecified atom stereocenters. The van der Waals surface area contributed by atoms with E-state index in [0.29, 0.717) is 18.7 Å². The number of benzene rings is 1. The van der Waals surface area contributed by atoms with Crippen molar-refractivity contribution >= 4 is 41.2 Å². The third-order valence-corrected chi connectivity index (χ3v) is 6.96. The van der Waals surface area contributed by atoms with Crippen LogP contribution < -0.4 is 16.0 Å². The normalized spacial score (nSPS) is 16.9. The molecule has 1 aromatic carbocycles. The molecule has 3 rings (SSSR count). The van der Waals surface area contributed by atoms with Crippen LogP contribution in [0.15, 0.2) is 18.2 Å². The number of ether oxygens (including phenoxy) is 1. The first-order valence-corrected chi connectivity index (χ1v) is 14.5. The SMILES string of the molecule is CC(C)(C)OC(=O)CCCCCCCCCCNC(=O)CNc1cccc2c1C(=O)N(C1CCC(=O)NC1=O)C2=O. The quantitative estimate of drug-likeness (QED) is 0.165. The highest BCUT2D eigenvalue weighted by Crippen LogP contribution is 2.32. The van der Waals surface area contributed by atoms with E-state index >= 15 is 0 Å². The fourth-order valence-electron chi connectivity index (χ4n) is 4.98. The molecule has 224 valence electrons. The van der Waals surface area contributed by atoms with Crippen LogP contribution in [0, 0.1) is 0 Å². The van der Waals surface area contributed by atoms with Crippen LogP contribution >= 0.6 is 0 Å². The molecule has 1 aromatic rings. The van der Waals surface area contributed by atoms with E-state index in [0.717, 1.165) is 56.3 Å². The lowest BCUT2D eigenvalue weighted by Gasteiger charge is -2.27. The number of nitrogens with one attached hydrogen (secondary N) is 3. The van der Waals surface area contributed by atoms with E-state index in [1.807, 2.05) is 20.8 Å². The van der Waals surface area contributed by atoms with Gasteiger partial charge in [-0.2, -0.15) is 0 Å². The van der Waals surface area contributed by atoms with Crippen LogP contribution in [-0.4, -0.2) is 65.1 Å². The summed E-state index contributed by atoms with van der Waals surface area (Å²) in [6.45, 7) is 6.09. The van der Waals surface area contributed by atoms with E-state index in [4.69, 9.17) is 4.74 Å². The highest BCUT2D eigenvalue weighted by molar-refractivity contribution is 6.25. The first-order chi connectivity index (χ1) is 19.5. The number of fused-ring (bicyclic) bond motifs is 1. The van der Waals surface area contributed by atoms with Crippen LogP contribution in [0.1, 0.15) is 112 Å². The molecule has 0 spiro atoms. The Bertz CT molecular complexity index is 1160. The van der Waals surface area contributed by atoms with Gasteiger partial charge >= 0.3 is 5.97 Å². The highest BCUT2D eigenvalue weighted by atomic mass is 16.6. The number of piperidine rings is 1. The zero-order chi connectivity index (χ0) is 30.0. The lowest BCUT2D eigenvalue weighted by atomic mass is 10.0. The molecule has 0 radical (unpaired) electrons. The summed E-state index contributed by atoms with van der Waals surface area (Å²) in [6, 6.07) is 3.69. The molecule has 5 amide bonds. The molecule has 2 aliphatic heterocycles. The third kappa shape index (κ3) is 9.40. The van der Waals surface area contributed by atoms with Crippen molar-refractivity contribution in [1.82, 2.24) is 15.5 Å². The van der Waals surface area contributed by atoms with Crippen molar-refractivity contribution in [2.75, 3.05) is 18.4 Å². The molecule has 41 heavy (non-hydrogen) atoms. The first kappa shape index (κ1) is 31.8. The maximum atomic E-state index is 13.1. The van der Waals surface area contributed by atoms with Crippen molar-refractivity contribution in [2.45, 2.75) is 103 Å². The number of rotatable bonds is 15. The number of nitrogens with zero attached hydrogens (tertiary/aromatic N) is 1. The van der Waals surface area contributed by atoms with Crippen LogP contribution in [0.4, 0.5) is 5.69 Å². The Morgan fingerprint density at radius 2 is 1.61 bits per heavy atom. The van der Waals surface area contributed by atoms with Gasteiger partial charge in [0.25, 0.3) is 11.8 Å². The molecule has 2 heterocycles. The minimum Gasteiger partial charge on any atom is -0.460 e. The summed E-state index contributed by atoms with van der Waals surface area (Å²) in [7, 11) is 0. The van der Waals surface area contributed by atoms with Crippen molar-refractivity contribution in [3.8, 4) is 0 Å². The van der Waals surface area contributed by atoms with E-state index in [-0.39, 0.29) is 42.4 Å². The van der Waals surface area contributed by atoms with Crippen LogP contribution in [-0.2, 0) is 23.9 Å². The number of unbranched alkanes of at least 4 members (excludes halogenated alkanes) is 7. The van der Waals surface area contributed by atoms with Gasteiger partial charge in [0.05, 0.1) is 17.7 Å². The van der Waals surface area contributed by atoms with Crippen molar-refractivity contribution in [3.63, 3.8) is 0 Å². The van der Waals surface area contributed by atoms with Gasteiger partial charge in [0.15, 0.2) is 0 Å². The molecule has 1 saturated heterocycles. The Morgan fingerprint density at radius 3 is 2.27 bits per heavy atom. The number of anilines is 1. The zero-order valence-corrected chi connectivity index (χ0v) is 24.3. The lowest BCUT2D eigenvalue weighted by Crippen LogP contribution is -2.54. The van der Waals surface area contributed by atoms with Gasteiger partial charge in [0, 0.05) is 25.1 Å². The van der Waals surface area contributed by atoms with Gasteiger partial charge in [-0.25, -0.2) is 0 Å². The second-order valence-corrected chi connectivity index (χ2v) is 11.5. The molecular weight excluding hydrogens is 528 g/mol. The van der Waals surface area contributed by atoms with Crippen LogP contribution in [0.5, 0.6) is 0 Å². The maximum Gasteiger partial charge on any atom is 0.306 e. The summed E-state index contributed by atoms with van der Waals surface area (Å²) >= 11 is 0. The van der Waals surface area contributed by atoms with Crippen LogP contribution in [0.2, 0.25) is 0 Å². The van der Waals surface area contributed by atoms with E-state index in [1.165, 1.54) is 6.07 Å². The standard InChI is InChI=1S/C30H42N4O7/c1-30(2,3)41-25(37)15-10-8-6-4-5-7-9-11-18-31-24(36)19-32-21-14-12-13-20-26(21)29(40)34(28(20)39)22-16-17-23(35)33-27(22)38/h12-14,22,32H,4-11,15-19H2,1-3H3,(H,31,36)(H,33,35,38). The number of carbonyl (C=O) groups is 6. The summed E-state index contributed by atoms with van der Waals surface area (Å²) in [5.74, 6) is -2.67. The Morgan fingerprint density at radius 1 is 0.951 bits per heavy atom. The van der Waals surface area contributed by atoms with Crippen molar-refractivity contribution < 1.29 is 33.5 Å². The maximum absolute atomic E-state index is 13.1. The van der Waals surface area contributed by atoms with Gasteiger partial charge in [-0.05, 0) is 52.2 Å². The summed E-state index contributed by atoms with van der Waals surface area (Å²) < 4.78 is 5.31. The summed E-state index contributed by atoms with van der Waals surface area (Å²) in [4.78, 5) is 74.7. The Hall–Kier alpha value is -3.76. The molecule has 11 heteroatoms. The van der Waals surface area contributed by atoms with E-state index in [1.54, 1.807) is 12.1 Å². The molecule has 0 aliphatic carbocycles. The Labute approximate surface area is 241 Å². The Kier molecular flexibility index (Phi) is 11.4. The number of carbonyl (C=O) groups excluding carboxylic acids is 6.